The number of carbonyl (C=O) groups is 1. The number of rotatable bonds is 2. The summed E-state index contributed by atoms with van der Waals surface area (Å²) in [5.74, 6) is 0.122. The molecule has 1 amide bonds. The summed E-state index contributed by atoms with van der Waals surface area (Å²) in [6.07, 6.45) is 1.72. The lowest BCUT2D eigenvalue weighted by Gasteiger charge is -2.33. The van der Waals surface area contributed by atoms with Crippen molar-refractivity contribution in [2.45, 2.75) is 13.5 Å². The van der Waals surface area contributed by atoms with Gasteiger partial charge in [-0.25, -0.2) is 4.98 Å². The average Bonchev–Trinajstić information content (AvgIpc) is 2.48. The molecule has 0 spiro atoms. The molecule has 1 saturated heterocycles. The summed E-state index contributed by atoms with van der Waals surface area (Å²) in [7, 11) is 0. The molecule has 3 rings (SSSR count). The van der Waals surface area contributed by atoms with Crippen LogP contribution in [0.4, 0.5) is 0 Å². The zero-order valence-corrected chi connectivity index (χ0v) is 12.0. The third-order valence-electron chi connectivity index (χ3n) is 3.83. The Morgan fingerprint density at radius 3 is 2.71 bits per heavy atom. The molecule has 0 unspecified atom stereocenters. The minimum Gasteiger partial charge on any atom is -0.340 e. The van der Waals surface area contributed by atoms with E-state index in [1.807, 2.05) is 23.1 Å². The summed E-state index contributed by atoms with van der Waals surface area (Å²) in [6, 6.07) is 7.11. The first-order valence-electron chi connectivity index (χ1n) is 7.09. The van der Waals surface area contributed by atoms with E-state index in [2.05, 4.69) is 9.88 Å². The second-order valence-corrected chi connectivity index (χ2v) is 5.30. The van der Waals surface area contributed by atoms with E-state index in [4.69, 9.17) is 0 Å². The maximum absolute atomic E-state index is 12.0. The molecule has 1 aliphatic rings. The monoisotopic (exact) mass is 286 g/mol. The van der Waals surface area contributed by atoms with Gasteiger partial charge in [-0.15, -0.1) is 0 Å². The maximum atomic E-state index is 12.0. The lowest BCUT2D eigenvalue weighted by molar-refractivity contribution is -0.130. The normalized spacial score (nSPS) is 16.3. The Morgan fingerprint density at radius 1 is 1.24 bits per heavy atom. The highest BCUT2D eigenvalue weighted by molar-refractivity contribution is 5.73. The lowest BCUT2D eigenvalue weighted by atomic mass is 10.2. The SMILES string of the molecule is CC(=O)N1CCN(Cc2cc(=O)n3ccccc3n2)CC1. The quantitative estimate of drug-likeness (QED) is 0.800. The molecule has 3 heterocycles. The molecule has 6 nitrogen and oxygen atoms in total. The summed E-state index contributed by atoms with van der Waals surface area (Å²) in [5.41, 5.74) is 1.39. The minimum absolute atomic E-state index is 0.0574. The van der Waals surface area contributed by atoms with Gasteiger partial charge in [0.15, 0.2) is 0 Å². The number of hydrogen-bond acceptors (Lipinski definition) is 4. The third kappa shape index (κ3) is 2.95. The highest BCUT2D eigenvalue weighted by Gasteiger charge is 2.19. The maximum Gasteiger partial charge on any atom is 0.258 e. The zero-order chi connectivity index (χ0) is 14.8. The summed E-state index contributed by atoms with van der Waals surface area (Å²) in [6.45, 7) is 5.35. The standard InChI is InChI=1S/C15H18N4O2/c1-12(20)18-8-6-17(7-9-18)11-13-10-15(21)19-5-3-2-4-14(19)16-13/h2-5,10H,6-9,11H2,1H3. The van der Waals surface area contributed by atoms with Crippen LogP contribution in [0.15, 0.2) is 35.3 Å². The van der Waals surface area contributed by atoms with Crippen LogP contribution in [-0.4, -0.2) is 51.3 Å². The van der Waals surface area contributed by atoms with Crippen molar-refractivity contribution < 1.29 is 4.79 Å². The van der Waals surface area contributed by atoms with E-state index in [0.29, 0.717) is 12.2 Å². The van der Waals surface area contributed by atoms with Crippen molar-refractivity contribution in [3.05, 3.63) is 46.5 Å². The molecule has 0 aliphatic carbocycles. The van der Waals surface area contributed by atoms with Gasteiger partial charge < -0.3 is 4.90 Å². The fourth-order valence-electron chi connectivity index (χ4n) is 2.63. The molecule has 0 aromatic carbocycles. The molecule has 1 fully saturated rings. The van der Waals surface area contributed by atoms with Crippen LogP contribution >= 0.6 is 0 Å². The smallest absolute Gasteiger partial charge is 0.258 e. The molecule has 0 radical (unpaired) electrons. The van der Waals surface area contributed by atoms with Gasteiger partial charge in [0, 0.05) is 51.9 Å². The van der Waals surface area contributed by atoms with Crippen molar-refractivity contribution >= 4 is 11.6 Å². The van der Waals surface area contributed by atoms with E-state index < -0.39 is 0 Å². The first kappa shape index (κ1) is 13.8. The van der Waals surface area contributed by atoms with E-state index in [1.165, 1.54) is 4.40 Å². The fraction of sp³-hybridized carbons (Fsp3) is 0.400. The Hall–Kier alpha value is -2.21. The Morgan fingerprint density at radius 2 is 2.00 bits per heavy atom. The van der Waals surface area contributed by atoms with Crippen LogP contribution in [0.3, 0.4) is 0 Å². The molecule has 2 aromatic heterocycles. The third-order valence-corrected chi connectivity index (χ3v) is 3.83. The molecule has 0 atom stereocenters. The van der Waals surface area contributed by atoms with Gasteiger partial charge in [-0.2, -0.15) is 0 Å². The van der Waals surface area contributed by atoms with Crippen LogP contribution in [0.2, 0.25) is 0 Å². The highest BCUT2D eigenvalue weighted by atomic mass is 16.2. The van der Waals surface area contributed by atoms with Gasteiger partial charge in [0.1, 0.15) is 5.65 Å². The van der Waals surface area contributed by atoms with Crippen molar-refractivity contribution in [1.29, 1.82) is 0 Å². The second-order valence-electron chi connectivity index (χ2n) is 5.30. The predicted molar refractivity (Wildman–Crippen MR) is 79.0 cm³/mol. The van der Waals surface area contributed by atoms with E-state index in [1.54, 1.807) is 19.2 Å². The van der Waals surface area contributed by atoms with Crippen LogP contribution in [0.25, 0.3) is 5.65 Å². The van der Waals surface area contributed by atoms with Gasteiger partial charge in [0.2, 0.25) is 5.91 Å². The Balaban J connectivity index is 1.74. The Kier molecular flexibility index (Phi) is 3.70. The summed E-state index contributed by atoms with van der Waals surface area (Å²) in [4.78, 5) is 31.9. The molecule has 1 aliphatic heterocycles. The number of pyridine rings is 1. The fourth-order valence-corrected chi connectivity index (χ4v) is 2.63. The van der Waals surface area contributed by atoms with Gasteiger partial charge in [-0.1, -0.05) is 6.07 Å². The molecule has 0 saturated carbocycles. The largest absolute Gasteiger partial charge is 0.340 e. The van der Waals surface area contributed by atoms with Crippen LogP contribution in [0.1, 0.15) is 12.6 Å². The van der Waals surface area contributed by atoms with Crippen LogP contribution in [0.5, 0.6) is 0 Å². The van der Waals surface area contributed by atoms with Gasteiger partial charge in [-0.3, -0.25) is 18.9 Å². The number of aromatic nitrogens is 2. The van der Waals surface area contributed by atoms with Crippen LogP contribution in [0, 0.1) is 0 Å². The molecule has 110 valence electrons. The van der Waals surface area contributed by atoms with Crippen LogP contribution in [-0.2, 0) is 11.3 Å². The Labute approximate surface area is 122 Å². The van der Waals surface area contributed by atoms with E-state index in [-0.39, 0.29) is 11.5 Å². The van der Waals surface area contributed by atoms with Crippen molar-refractivity contribution in [2.75, 3.05) is 26.2 Å². The summed E-state index contributed by atoms with van der Waals surface area (Å²) < 4.78 is 1.54. The van der Waals surface area contributed by atoms with Gasteiger partial charge in [-0.05, 0) is 12.1 Å². The summed E-state index contributed by atoms with van der Waals surface area (Å²) in [5, 5.41) is 0. The number of hydrogen-bond donors (Lipinski definition) is 0. The van der Waals surface area contributed by atoms with Crippen molar-refractivity contribution in [1.82, 2.24) is 19.2 Å². The van der Waals surface area contributed by atoms with E-state index >= 15 is 0 Å². The van der Waals surface area contributed by atoms with Gasteiger partial charge in [0.25, 0.3) is 5.56 Å². The molecule has 0 bridgehead atoms. The predicted octanol–water partition coefficient (Wildman–Crippen LogP) is 0.359. The number of nitrogens with zero attached hydrogens (tertiary/aromatic N) is 4. The van der Waals surface area contributed by atoms with Crippen LogP contribution < -0.4 is 5.56 Å². The molecular formula is C15H18N4O2. The van der Waals surface area contributed by atoms with E-state index in [0.717, 1.165) is 31.9 Å². The van der Waals surface area contributed by atoms with Crippen molar-refractivity contribution in [2.24, 2.45) is 0 Å². The lowest BCUT2D eigenvalue weighted by Crippen LogP contribution is -2.47. The van der Waals surface area contributed by atoms with Crippen molar-refractivity contribution in [3.8, 4) is 0 Å². The van der Waals surface area contributed by atoms with E-state index in [9.17, 15) is 9.59 Å². The van der Waals surface area contributed by atoms with Gasteiger partial charge in [0.05, 0.1) is 5.69 Å². The number of fused-ring (bicyclic) bond motifs is 1. The van der Waals surface area contributed by atoms with Crippen molar-refractivity contribution in [3.63, 3.8) is 0 Å². The highest BCUT2D eigenvalue weighted by Crippen LogP contribution is 2.07. The molecule has 2 aromatic rings. The average molecular weight is 286 g/mol. The Bertz CT molecular complexity index is 717. The van der Waals surface area contributed by atoms with Gasteiger partial charge >= 0.3 is 0 Å². The first-order chi connectivity index (χ1) is 10.1. The minimum atomic E-state index is -0.0574. The second kappa shape index (κ2) is 5.65. The molecule has 21 heavy (non-hydrogen) atoms. The molecular weight excluding hydrogens is 268 g/mol. The first-order valence-corrected chi connectivity index (χ1v) is 7.09. The number of carbonyl (C=O) groups excluding carboxylic acids is 1. The number of piperazine rings is 1. The molecule has 0 N–H and O–H groups in total. The molecule has 6 heteroatoms. The summed E-state index contributed by atoms with van der Waals surface area (Å²) >= 11 is 0. The topological polar surface area (TPSA) is 57.9 Å². The number of amides is 1. The zero-order valence-electron chi connectivity index (χ0n) is 12.0.